The molecule has 0 bridgehead atoms. The molecule has 7 nitrogen and oxygen atoms in total. The van der Waals surface area contributed by atoms with Crippen LogP contribution in [0.5, 0.6) is 0 Å². The third-order valence-corrected chi connectivity index (χ3v) is 3.99. The number of para-hydroxylation sites is 1. The molecule has 0 saturated carbocycles. The van der Waals surface area contributed by atoms with Crippen LogP contribution in [0.1, 0.15) is 10.4 Å². The lowest BCUT2D eigenvalue weighted by Gasteiger charge is -2.07. The van der Waals surface area contributed by atoms with E-state index in [1.807, 2.05) is 0 Å². The fourth-order valence-electron chi connectivity index (χ4n) is 2.35. The van der Waals surface area contributed by atoms with E-state index in [1.165, 1.54) is 24.5 Å². The summed E-state index contributed by atoms with van der Waals surface area (Å²) < 4.78 is 1.87. The second kappa shape index (κ2) is 6.32. The Balaban J connectivity index is 2.02. The zero-order chi connectivity index (χ0) is 17.3. The maximum atomic E-state index is 12.5. The molecule has 1 aromatic heterocycles. The first-order valence-corrected chi connectivity index (χ1v) is 7.68. The van der Waals surface area contributed by atoms with Gasteiger partial charge < -0.3 is 0 Å². The number of aromatic nitrogens is 2. The summed E-state index contributed by atoms with van der Waals surface area (Å²) in [5.74, 6) is -0.527. The van der Waals surface area contributed by atoms with Crippen molar-refractivity contribution in [2.45, 2.75) is 6.54 Å². The number of nitro groups is 1. The molecule has 0 amide bonds. The van der Waals surface area contributed by atoms with Gasteiger partial charge in [0, 0.05) is 10.5 Å². The number of nitro benzene ring substituents is 1. The first-order valence-electron chi connectivity index (χ1n) is 6.88. The van der Waals surface area contributed by atoms with Crippen molar-refractivity contribution in [2.75, 3.05) is 0 Å². The van der Waals surface area contributed by atoms with Crippen LogP contribution >= 0.6 is 15.9 Å². The minimum absolute atomic E-state index is 0.0382. The van der Waals surface area contributed by atoms with Crippen molar-refractivity contribution in [3.63, 3.8) is 0 Å². The summed E-state index contributed by atoms with van der Waals surface area (Å²) in [7, 11) is 0. The summed E-state index contributed by atoms with van der Waals surface area (Å²) in [6.45, 7) is -0.320. The number of carbonyl (C=O) groups excluding carboxylic acids is 1. The maximum Gasteiger partial charge on any atom is 0.280 e. The van der Waals surface area contributed by atoms with E-state index in [0.717, 1.165) is 9.04 Å². The first kappa shape index (κ1) is 16.0. The molecule has 3 rings (SSSR count). The van der Waals surface area contributed by atoms with Gasteiger partial charge in [-0.15, -0.1) is 0 Å². The molecule has 120 valence electrons. The van der Waals surface area contributed by atoms with Crippen molar-refractivity contribution >= 4 is 38.3 Å². The second-order valence-corrected chi connectivity index (χ2v) is 5.95. The third-order valence-electron chi connectivity index (χ3n) is 3.50. The Hall–Kier alpha value is -2.87. The van der Waals surface area contributed by atoms with E-state index >= 15 is 0 Å². The lowest BCUT2D eigenvalue weighted by molar-refractivity contribution is -0.385. The fraction of sp³-hybridized carbons (Fsp3) is 0.0625. The number of rotatable bonds is 4. The number of halogens is 1. The molecular formula is C16H10BrN3O4. The predicted molar refractivity (Wildman–Crippen MR) is 91.1 cm³/mol. The van der Waals surface area contributed by atoms with Crippen LogP contribution in [0.4, 0.5) is 5.69 Å². The van der Waals surface area contributed by atoms with Crippen LogP contribution in [0.3, 0.4) is 0 Å². The Morgan fingerprint density at radius 2 is 2.00 bits per heavy atom. The molecule has 0 saturated heterocycles. The van der Waals surface area contributed by atoms with Crippen LogP contribution < -0.4 is 5.56 Å². The smallest absolute Gasteiger partial charge is 0.280 e. The molecule has 0 radical (unpaired) electrons. The molecule has 1 heterocycles. The molecular weight excluding hydrogens is 378 g/mol. The Kier molecular flexibility index (Phi) is 4.22. The van der Waals surface area contributed by atoms with E-state index < -0.39 is 10.7 Å². The zero-order valence-corrected chi connectivity index (χ0v) is 13.8. The largest absolute Gasteiger partial charge is 0.292 e. The second-order valence-electron chi connectivity index (χ2n) is 5.04. The van der Waals surface area contributed by atoms with Crippen LogP contribution in [0.15, 0.2) is 58.1 Å². The average molecular weight is 388 g/mol. The Labute approximate surface area is 143 Å². The highest BCUT2D eigenvalue weighted by atomic mass is 79.9. The topological polar surface area (TPSA) is 95.1 Å². The molecule has 2 aromatic carbocycles. The van der Waals surface area contributed by atoms with Gasteiger partial charge in [0.15, 0.2) is 5.78 Å². The number of ketones is 1. The number of benzene rings is 2. The molecule has 0 aliphatic rings. The van der Waals surface area contributed by atoms with Crippen molar-refractivity contribution in [1.82, 2.24) is 9.55 Å². The van der Waals surface area contributed by atoms with Crippen molar-refractivity contribution in [3.8, 4) is 0 Å². The van der Waals surface area contributed by atoms with Crippen LogP contribution in [0.25, 0.3) is 10.9 Å². The number of nitrogens with zero attached hydrogens (tertiary/aromatic N) is 3. The lowest BCUT2D eigenvalue weighted by atomic mass is 10.1. The molecule has 0 unspecified atom stereocenters. The first-order chi connectivity index (χ1) is 11.5. The van der Waals surface area contributed by atoms with E-state index in [-0.39, 0.29) is 23.4 Å². The standard InChI is InChI=1S/C16H10BrN3O4/c17-10-5-6-13-12(7-10)16(22)19(9-18-13)8-15(21)11-3-1-2-4-14(11)20(23)24/h1-7,9H,8H2. The van der Waals surface area contributed by atoms with Gasteiger partial charge >= 0.3 is 0 Å². The summed E-state index contributed by atoms with van der Waals surface area (Å²) >= 11 is 3.29. The summed E-state index contributed by atoms with van der Waals surface area (Å²) in [6, 6.07) is 10.7. The molecule has 0 fully saturated rings. The number of hydrogen-bond donors (Lipinski definition) is 0. The van der Waals surface area contributed by atoms with Crippen LogP contribution in [-0.4, -0.2) is 20.3 Å². The van der Waals surface area contributed by atoms with Gasteiger partial charge in [0.1, 0.15) is 0 Å². The molecule has 0 spiro atoms. The molecule has 0 aliphatic heterocycles. The Morgan fingerprint density at radius 3 is 2.75 bits per heavy atom. The van der Waals surface area contributed by atoms with Gasteiger partial charge in [-0.05, 0) is 24.3 Å². The number of Topliss-reactive ketones (excluding diaryl/α,β-unsaturated/α-hetero) is 1. The molecule has 8 heteroatoms. The van der Waals surface area contributed by atoms with Gasteiger partial charge in [-0.1, -0.05) is 28.1 Å². The highest BCUT2D eigenvalue weighted by Gasteiger charge is 2.20. The maximum absolute atomic E-state index is 12.5. The molecule has 24 heavy (non-hydrogen) atoms. The minimum atomic E-state index is -0.619. The normalized spacial score (nSPS) is 10.7. The predicted octanol–water partition coefficient (Wildman–Crippen LogP) is 2.95. The molecule has 0 aliphatic carbocycles. The summed E-state index contributed by atoms with van der Waals surface area (Å²) in [5.41, 5.74) is -0.193. The number of hydrogen-bond acceptors (Lipinski definition) is 5. The SMILES string of the molecule is O=C(Cn1cnc2ccc(Br)cc2c1=O)c1ccccc1[N+](=O)[O-]. The van der Waals surface area contributed by atoms with Crippen LogP contribution in [0, 0.1) is 10.1 Å². The van der Waals surface area contributed by atoms with Crippen molar-refractivity contribution in [3.05, 3.63) is 79.3 Å². The fourth-order valence-corrected chi connectivity index (χ4v) is 2.71. The average Bonchev–Trinajstić information content (AvgIpc) is 2.57. The summed E-state index contributed by atoms with van der Waals surface area (Å²) in [6.07, 6.45) is 1.27. The number of carbonyl (C=O) groups is 1. The van der Waals surface area contributed by atoms with E-state index in [2.05, 4.69) is 20.9 Å². The third kappa shape index (κ3) is 2.95. The lowest BCUT2D eigenvalue weighted by Crippen LogP contribution is -2.25. The van der Waals surface area contributed by atoms with Crippen molar-refractivity contribution < 1.29 is 9.72 Å². The van der Waals surface area contributed by atoms with E-state index in [4.69, 9.17) is 0 Å². The van der Waals surface area contributed by atoms with Gasteiger partial charge in [0.05, 0.1) is 34.3 Å². The minimum Gasteiger partial charge on any atom is -0.292 e. The van der Waals surface area contributed by atoms with Crippen molar-refractivity contribution in [1.29, 1.82) is 0 Å². The number of fused-ring (bicyclic) bond motifs is 1. The molecule has 0 atom stereocenters. The van der Waals surface area contributed by atoms with Crippen molar-refractivity contribution in [2.24, 2.45) is 0 Å². The quantitative estimate of drug-likeness (QED) is 0.389. The van der Waals surface area contributed by atoms with E-state index in [0.29, 0.717) is 10.9 Å². The van der Waals surface area contributed by atoms with Crippen LogP contribution in [-0.2, 0) is 6.54 Å². The zero-order valence-electron chi connectivity index (χ0n) is 12.2. The highest BCUT2D eigenvalue weighted by Crippen LogP contribution is 2.19. The van der Waals surface area contributed by atoms with E-state index in [1.54, 1.807) is 24.3 Å². The Morgan fingerprint density at radius 1 is 1.25 bits per heavy atom. The van der Waals surface area contributed by atoms with Gasteiger partial charge in [-0.25, -0.2) is 4.98 Å². The van der Waals surface area contributed by atoms with Gasteiger partial charge in [0.2, 0.25) is 0 Å². The summed E-state index contributed by atoms with van der Waals surface area (Å²) in [4.78, 5) is 39.4. The van der Waals surface area contributed by atoms with E-state index in [9.17, 15) is 19.7 Å². The highest BCUT2D eigenvalue weighted by molar-refractivity contribution is 9.10. The summed E-state index contributed by atoms with van der Waals surface area (Å²) in [5, 5.41) is 11.4. The molecule has 0 N–H and O–H groups in total. The molecule has 3 aromatic rings. The Bertz CT molecular complexity index is 1030. The van der Waals surface area contributed by atoms with Gasteiger partial charge in [0.25, 0.3) is 11.2 Å². The van der Waals surface area contributed by atoms with Gasteiger partial charge in [-0.2, -0.15) is 0 Å². The monoisotopic (exact) mass is 387 g/mol. The van der Waals surface area contributed by atoms with Crippen LogP contribution in [0.2, 0.25) is 0 Å². The van der Waals surface area contributed by atoms with Gasteiger partial charge in [-0.3, -0.25) is 24.3 Å².